The summed E-state index contributed by atoms with van der Waals surface area (Å²) in [5.74, 6) is -1.10. The quantitative estimate of drug-likeness (QED) is 0.541. The van der Waals surface area contributed by atoms with E-state index in [1.54, 1.807) is 48.5 Å². The maximum atomic E-state index is 12.3. The summed E-state index contributed by atoms with van der Waals surface area (Å²) in [6.45, 7) is 2.53. The summed E-state index contributed by atoms with van der Waals surface area (Å²) in [6.07, 6.45) is 0. The molecule has 0 aliphatic carbocycles. The van der Waals surface area contributed by atoms with Crippen LogP contribution in [0.5, 0.6) is 0 Å². The number of carbonyl (C=O) groups excluding carboxylic acids is 3. The second-order valence-electron chi connectivity index (χ2n) is 4.56. The van der Waals surface area contributed by atoms with Gasteiger partial charge in [-0.1, -0.05) is 0 Å². The second-order valence-corrected chi connectivity index (χ2v) is 7.92. The normalized spacial score (nSPS) is 10.6. The van der Waals surface area contributed by atoms with Crippen molar-refractivity contribution < 1.29 is 20.5 Å². The van der Waals surface area contributed by atoms with Crippen molar-refractivity contribution in [1.29, 1.82) is 0 Å². The molecule has 0 saturated carbocycles. The van der Waals surface area contributed by atoms with Gasteiger partial charge in [0.05, 0.1) is 0 Å². The van der Waals surface area contributed by atoms with Crippen LogP contribution in [0.25, 0.3) is 0 Å². The number of ketones is 1. The fourth-order valence-corrected chi connectivity index (χ4v) is 4.43. The Morgan fingerprint density at radius 3 is 1.70 bits per heavy atom. The van der Waals surface area contributed by atoms with E-state index in [9.17, 15) is 14.4 Å². The third kappa shape index (κ3) is 4.88. The van der Waals surface area contributed by atoms with E-state index in [-0.39, 0.29) is 5.78 Å². The van der Waals surface area contributed by atoms with Crippen molar-refractivity contribution in [2.24, 2.45) is 0 Å². The molecule has 0 fully saturated rings. The van der Waals surface area contributed by atoms with Crippen LogP contribution in [0.3, 0.4) is 0 Å². The van der Waals surface area contributed by atoms with Crippen LogP contribution in [0, 0.1) is 3.57 Å². The second kappa shape index (κ2) is 7.87. The average molecular weight is 426 g/mol. The van der Waals surface area contributed by atoms with Gasteiger partial charge in [-0.05, 0) is 0 Å². The average Bonchev–Trinajstić information content (AvgIpc) is 2.54. The molecule has 6 heteroatoms. The first-order valence-corrected chi connectivity index (χ1v) is 9.59. The molecular formula is C17H15IO5. The van der Waals surface area contributed by atoms with Crippen LogP contribution in [-0.2, 0) is 15.7 Å². The number of benzene rings is 2. The van der Waals surface area contributed by atoms with E-state index in [1.807, 2.05) is 6.07 Å². The van der Waals surface area contributed by atoms with Crippen molar-refractivity contribution in [3.63, 3.8) is 0 Å². The van der Waals surface area contributed by atoms with Crippen molar-refractivity contribution in [2.75, 3.05) is 0 Å². The molecule has 2 rings (SSSR count). The molecule has 0 N–H and O–H groups in total. The van der Waals surface area contributed by atoms with Crippen molar-refractivity contribution in [1.82, 2.24) is 0 Å². The molecule has 0 amide bonds. The molecule has 0 heterocycles. The summed E-state index contributed by atoms with van der Waals surface area (Å²) in [5, 5.41) is 0. The van der Waals surface area contributed by atoms with Crippen molar-refractivity contribution in [3.05, 3.63) is 69.3 Å². The van der Waals surface area contributed by atoms with E-state index in [0.717, 1.165) is 0 Å². The molecule has 23 heavy (non-hydrogen) atoms. The number of hydrogen-bond acceptors (Lipinski definition) is 5. The molecule has 0 bridgehead atoms. The summed E-state index contributed by atoms with van der Waals surface area (Å²) < 4.78 is 10.9. The third-order valence-corrected chi connectivity index (χ3v) is 6.45. The van der Waals surface area contributed by atoms with Crippen LogP contribution < -0.4 is 0 Å². The molecule has 0 spiro atoms. The Bertz CT molecular complexity index is 694. The topological polar surface area (TPSA) is 69.7 Å². The van der Waals surface area contributed by atoms with Gasteiger partial charge in [-0.25, -0.2) is 0 Å². The maximum absolute atomic E-state index is 12.3. The zero-order valence-corrected chi connectivity index (χ0v) is 14.8. The first-order chi connectivity index (χ1) is 11.0. The van der Waals surface area contributed by atoms with Crippen LogP contribution in [0.15, 0.2) is 54.6 Å². The molecule has 0 aliphatic heterocycles. The molecule has 0 atom stereocenters. The summed E-state index contributed by atoms with van der Waals surface area (Å²) in [6, 6.07) is 15.5. The first kappa shape index (κ1) is 17.1. The van der Waals surface area contributed by atoms with Crippen molar-refractivity contribution in [2.45, 2.75) is 13.8 Å². The van der Waals surface area contributed by atoms with E-state index >= 15 is 0 Å². The molecule has 0 radical (unpaired) electrons. The van der Waals surface area contributed by atoms with Crippen LogP contribution in [-0.4, -0.2) is 17.7 Å². The van der Waals surface area contributed by atoms with E-state index in [2.05, 4.69) is 0 Å². The Morgan fingerprint density at radius 1 is 0.739 bits per heavy atom. The monoisotopic (exact) mass is 426 g/mol. The Labute approximate surface area is 142 Å². The fourth-order valence-electron chi connectivity index (χ4n) is 1.76. The van der Waals surface area contributed by atoms with Gasteiger partial charge in [0.2, 0.25) is 0 Å². The summed E-state index contributed by atoms with van der Waals surface area (Å²) in [7, 11) is 0. The molecule has 2 aromatic rings. The number of halogens is 1. The molecule has 120 valence electrons. The Kier molecular flexibility index (Phi) is 5.86. The predicted molar refractivity (Wildman–Crippen MR) is 92.6 cm³/mol. The van der Waals surface area contributed by atoms with Crippen molar-refractivity contribution >= 4 is 38.4 Å². The van der Waals surface area contributed by atoms with Gasteiger partial charge in [0.25, 0.3) is 0 Å². The molecule has 0 aliphatic rings. The molecule has 2 aromatic carbocycles. The molecular weight excluding hydrogens is 411 g/mol. The first-order valence-electron chi connectivity index (χ1n) is 6.75. The number of carbonyl (C=O) groups is 3. The van der Waals surface area contributed by atoms with Gasteiger partial charge in [-0.3, -0.25) is 0 Å². The molecule has 5 nitrogen and oxygen atoms in total. The standard InChI is InChI=1S/C17H15IO5/c1-12(19)22-18(23-13(2)20)16-10-8-15(9-11-16)17(21)14-6-4-3-5-7-14/h3-11H,1-2H3. The van der Waals surface area contributed by atoms with Crippen molar-refractivity contribution in [3.8, 4) is 0 Å². The van der Waals surface area contributed by atoms with E-state index in [4.69, 9.17) is 6.13 Å². The Balaban J connectivity index is 2.21. The van der Waals surface area contributed by atoms with E-state index in [0.29, 0.717) is 14.7 Å². The predicted octanol–water partition coefficient (Wildman–Crippen LogP) is 3.55. The van der Waals surface area contributed by atoms with E-state index in [1.165, 1.54) is 13.8 Å². The molecule has 0 unspecified atom stereocenters. The van der Waals surface area contributed by atoms with E-state index < -0.39 is 32.6 Å². The molecule has 0 saturated heterocycles. The SMILES string of the molecule is CC(=O)OI(OC(C)=O)c1ccc(C(=O)c2ccccc2)cc1. The zero-order chi connectivity index (χ0) is 16.8. The van der Waals surface area contributed by atoms with Gasteiger partial charge in [-0.2, -0.15) is 0 Å². The Morgan fingerprint density at radius 2 is 1.22 bits per heavy atom. The molecule has 0 aromatic heterocycles. The van der Waals surface area contributed by atoms with Gasteiger partial charge in [0, 0.05) is 0 Å². The fraction of sp³-hybridized carbons (Fsp3) is 0.118. The van der Waals surface area contributed by atoms with Crippen LogP contribution in [0.1, 0.15) is 29.8 Å². The van der Waals surface area contributed by atoms with Crippen LogP contribution in [0.2, 0.25) is 0 Å². The zero-order valence-electron chi connectivity index (χ0n) is 12.6. The summed E-state index contributed by atoms with van der Waals surface area (Å²) in [4.78, 5) is 34.6. The van der Waals surface area contributed by atoms with Gasteiger partial charge < -0.3 is 0 Å². The number of rotatable bonds is 5. The number of hydrogen-bond donors (Lipinski definition) is 0. The minimum atomic E-state index is -2.84. The van der Waals surface area contributed by atoms with Gasteiger partial charge in [0.15, 0.2) is 0 Å². The van der Waals surface area contributed by atoms with Gasteiger partial charge >= 0.3 is 142 Å². The third-order valence-electron chi connectivity index (χ3n) is 2.68. The van der Waals surface area contributed by atoms with Crippen LogP contribution >= 0.6 is 20.6 Å². The van der Waals surface area contributed by atoms with Gasteiger partial charge in [-0.15, -0.1) is 0 Å². The van der Waals surface area contributed by atoms with Crippen LogP contribution in [0.4, 0.5) is 0 Å². The Hall–Kier alpha value is -2.22. The summed E-state index contributed by atoms with van der Waals surface area (Å²) >= 11 is -2.84. The minimum absolute atomic E-state index is 0.0996. The van der Waals surface area contributed by atoms with Gasteiger partial charge in [0.1, 0.15) is 0 Å². The summed E-state index contributed by atoms with van der Waals surface area (Å²) in [5.41, 5.74) is 1.11.